The zero-order valence-electron chi connectivity index (χ0n) is 13.8. The van der Waals surface area contributed by atoms with Crippen LogP contribution in [-0.4, -0.2) is 24.1 Å². The molecule has 0 aromatic heterocycles. The monoisotopic (exact) mass is 300 g/mol. The Bertz CT molecular complexity index is 648. The maximum atomic E-state index is 9.60. The largest absolute Gasteiger partial charge is 0.504 e. The van der Waals surface area contributed by atoms with E-state index in [4.69, 9.17) is 4.74 Å². The molecule has 2 saturated carbocycles. The fraction of sp³-hybridized carbons (Fsp3) is 0.556. The molecular weight excluding hydrogens is 276 g/mol. The lowest BCUT2D eigenvalue weighted by molar-refractivity contribution is 0.194. The number of rotatable bonds is 3. The number of ether oxygens (including phenoxy) is 1. The highest BCUT2D eigenvalue weighted by Crippen LogP contribution is 2.63. The van der Waals surface area contributed by atoms with Crippen LogP contribution in [0.4, 0.5) is 0 Å². The molecule has 1 aromatic rings. The number of fused-ring (bicyclic) bond motifs is 2. The van der Waals surface area contributed by atoms with Gasteiger partial charge < -0.3 is 9.84 Å². The van der Waals surface area contributed by atoms with Crippen LogP contribution in [0.15, 0.2) is 28.4 Å². The lowest BCUT2D eigenvalue weighted by Gasteiger charge is -2.34. The van der Waals surface area contributed by atoms with Gasteiger partial charge in [0.25, 0.3) is 0 Å². The van der Waals surface area contributed by atoms with E-state index in [1.165, 1.54) is 25.7 Å². The predicted octanol–water partition coefficient (Wildman–Crippen LogP) is 4.02. The second-order valence-corrected chi connectivity index (χ2v) is 7.22. The van der Waals surface area contributed by atoms with Gasteiger partial charge in [-0.05, 0) is 54.4 Å². The first-order chi connectivity index (χ1) is 10.4. The number of benzene rings is 1. The summed E-state index contributed by atoms with van der Waals surface area (Å²) in [6.07, 6.45) is 5.31. The van der Waals surface area contributed by atoms with Gasteiger partial charge in [0, 0.05) is 11.1 Å². The Morgan fingerprint density at radius 3 is 2.68 bits per heavy atom. The minimum atomic E-state index is 0.133. The van der Waals surface area contributed by atoms with E-state index < -0.39 is 0 Å². The first-order valence-corrected chi connectivity index (χ1v) is 7.86. The number of nitrogens with zero attached hydrogens (tertiary/aromatic N) is 2. The zero-order valence-corrected chi connectivity index (χ0v) is 13.8. The van der Waals surface area contributed by atoms with E-state index >= 15 is 0 Å². The highest BCUT2D eigenvalue weighted by Gasteiger charge is 2.59. The van der Waals surface area contributed by atoms with Crippen molar-refractivity contribution in [1.29, 1.82) is 0 Å². The molecule has 3 rings (SSSR count). The smallest absolute Gasteiger partial charge is 0.161 e. The molecule has 0 amide bonds. The molecule has 2 aliphatic rings. The molecule has 0 radical (unpaired) electrons. The van der Waals surface area contributed by atoms with E-state index in [-0.39, 0.29) is 11.2 Å². The van der Waals surface area contributed by atoms with Gasteiger partial charge >= 0.3 is 0 Å². The molecule has 22 heavy (non-hydrogen) atoms. The van der Waals surface area contributed by atoms with Crippen LogP contribution in [-0.2, 0) is 0 Å². The molecule has 2 atom stereocenters. The molecule has 0 aliphatic heterocycles. The third kappa shape index (κ3) is 2.13. The highest BCUT2D eigenvalue weighted by molar-refractivity contribution is 5.94. The summed E-state index contributed by atoms with van der Waals surface area (Å²) in [6, 6.07) is 5.16. The van der Waals surface area contributed by atoms with E-state index in [1.807, 2.05) is 0 Å². The molecule has 2 fully saturated rings. The third-order valence-electron chi connectivity index (χ3n) is 6.10. The summed E-state index contributed by atoms with van der Waals surface area (Å²) in [5, 5.41) is 18.4. The van der Waals surface area contributed by atoms with E-state index in [2.05, 4.69) is 31.0 Å². The molecule has 118 valence electrons. The van der Waals surface area contributed by atoms with Crippen molar-refractivity contribution >= 4 is 11.9 Å². The van der Waals surface area contributed by atoms with Crippen molar-refractivity contribution < 1.29 is 9.84 Å². The first-order valence-electron chi connectivity index (χ1n) is 7.86. The fourth-order valence-electron chi connectivity index (χ4n) is 4.02. The van der Waals surface area contributed by atoms with Gasteiger partial charge in [-0.15, -0.1) is 0 Å². The minimum absolute atomic E-state index is 0.133. The second kappa shape index (κ2) is 5.11. The standard InChI is InChI=1S/C18H24N2O2/c1-17(2)13-7-8-18(17,3)16(10-13)20-19-11-12-5-6-14(21)15(9-12)22-4/h5-6,9,11,13,21H,7-8,10H2,1-4H3/b19-11+,20-16+. The van der Waals surface area contributed by atoms with Crippen LogP contribution in [0.1, 0.15) is 45.6 Å². The van der Waals surface area contributed by atoms with Crippen LogP contribution in [0.2, 0.25) is 0 Å². The molecule has 1 N–H and O–H groups in total. The fourth-order valence-corrected chi connectivity index (χ4v) is 4.02. The number of methoxy groups -OCH3 is 1. The Hall–Kier alpha value is -1.84. The molecule has 4 nitrogen and oxygen atoms in total. The SMILES string of the molecule is COc1cc(/C=N/N=C2\CC3CCC2(C)C3(C)C)ccc1O. The molecule has 0 saturated heterocycles. The molecule has 0 heterocycles. The van der Waals surface area contributed by atoms with Gasteiger partial charge in [-0.3, -0.25) is 0 Å². The topological polar surface area (TPSA) is 54.2 Å². The number of phenolic OH excluding ortho intramolecular Hbond substituents is 1. The van der Waals surface area contributed by atoms with Crippen molar-refractivity contribution in [2.24, 2.45) is 27.0 Å². The Morgan fingerprint density at radius 2 is 2.09 bits per heavy atom. The van der Waals surface area contributed by atoms with E-state index in [1.54, 1.807) is 24.4 Å². The van der Waals surface area contributed by atoms with Crippen molar-refractivity contribution in [2.75, 3.05) is 7.11 Å². The molecule has 2 unspecified atom stereocenters. The second-order valence-electron chi connectivity index (χ2n) is 7.22. The maximum absolute atomic E-state index is 9.60. The summed E-state index contributed by atoms with van der Waals surface area (Å²) in [5.41, 5.74) is 2.60. The van der Waals surface area contributed by atoms with Gasteiger partial charge in [-0.2, -0.15) is 10.2 Å². The van der Waals surface area contributed by atoms with Crippen molar-refractivity contribution in [3.63, 3.8) is 0 Å². The molecule has 2 bridgehead atoms. The van der Waals surface area contributed by atoms with Crippen molar-refractivity contribution in [1.82, 2.24) is 0 Å². The Labute approximate surface area is 131 Å². The highest BCUT2D eigenvalue weighted by atomic mass is 16.5. The van der Waals surface area contributed by atoms with Crippen LogP contribution >= 0.6 is 0 Å². The summed E-state index contributed by atoms with van der Waals surface area (Å²) in [4.78, 5) is 0. The average Bonchev–Trinajstić information content (AvgIpc) is 2.82. The summed E-state index contributed by atoms with van der Waals surface area (Å²) in [7, 11) is 1.54. The van der Waals surface area contributed by atoms with Gasteiger partial charge in [-0.25, -0.2) is 0 Å². The van der Waals surface area contributed by atoms with Crippen LogP contribution in [0.3, 0.4) is 0 Å². The van der Waals surface area contributed by atoms with Crippen molar-refractivity contribution in [3.8, 4) is 11.5 Å². The number of aromatic hydroxyl groups is 1. The Balaban J connectivity index is 1.81. The third-order valence-corrected chi connectivity index (χ3v) is 6.10. The minimum Gasteiger partial charge on any atom is -0.504 e. The number of hydrogen-bond donors (Lipinski definition) is 1. The van der Waals surface area contributed by atoms with Gasteiger partial charge in [0.05, 0.1) is 13.3 Å². The summed E-state index contributed by atoms with van der Waals surface area (Å²) >= 11 is 0. The zero-order chi connectivity index (χ0) is 16.0. The molecule has 2 aliphatic carbocycles. The maximum Gasteiger partial charge on any atom is 0.161 e. The van der Waals surface area contributed by atoms with Crippen LogP contribution < -0.4 is 4.74 Å². The van der Waals surface area contributed by atoms with Gasteiger partial charge in [0.15, 0.2) is 11.5 Å². The normalized spacial score (nSPS) is 31.3. The van der Waals surface area contributed by atoms with E-state index in [0.29, 0.717) is 11.2 Å². The molecular formula is C18H24N2O2. The average molecular weight is 300 g/mol. The van der Waals surface area contributed by atoms with Gasteiger partial charge in [0.1, 0.15) is 0 Å². The predicted molar refractivity (Wildman–Crippen MR) is 88.9 cm³/mol. The number of phenols is 1. The Kier molecular flexibility index (Phi) is 3.50. The summed E-state index contributed by atoms with van der Waals surface area (Å²) in [6.45, 7) is 7.06. The van der Waals surface area contributed by atoms with Crippen LogP contribution in [0.25, 0.3) is 0 Å². The van der Waals surface area contributed by atoms with Crippen molar-refractivity contribution in [3.05, 3.63) is 23.8 Å². The van der Waals surface area contributed by atoms with Gasteiger partial charge in [0.2, 0.25) is 0 Å². The number of hydrogen-bond acceptors (Lipinski definition) is 4. The summed E-state index contributed by atoms with van der Waals surface area (Å²) in [5.74, 6) is 1.32. The van der Waals surface area contributed by atoms with Gasteiger partial charge in [-0.1, -0.05) is 20.8 Å². The molecule has 0 spiro atoms. The Morgan fingerprint density at radius 1 is 1.32 bits per heavy atom. The molecule has 1 aromatic carbocycles. The van der Waals surface area contributed by atoms with Crippen molar-refractivity contribution in [2.45, 2.75) is 40.0 Å². The summed E-state index contributed by atoms with van der Waals surface area (Å²) < 4.78 is 5.10. The lowest BCUT2D eigenvalue weighted by atomic mass is 9.70. The van der Waals surface area contributed by atoms with Crippen LogP contribution in [0, 0.1) is 16.7 Å². The lowest BCUT2D eigenvalue weighted by Crippen LogP contribution is -2.32. The van der Waals surface area contributed by atoms with E-state index in [0.717, 1.165) is 17.9 Å². The first kappa shape index (κ1) is 15.1. The van der Waals surface area contributed by atoms with E-state index in [9.17, 15) is 5.11 Å². The molecule has 4 heteroatoms. The van der Waals surface area contributed by atoms with Crippen LogP contribution in [0.5, 0.6) is 11.5 Å². The quantitative estimate of drug-likeness (QED) is 0.677.